The molecule has 2 amide bonds. The molecule has 0 saturated carbocycles. The Morgan fingerprint density at radius 1 is 1.19 bits per heavy atom. The number of amides is 2. The van der Waals surface area contributed by atoms with Crippen LogP contribution in [-0.4, -0.2) is 45.1 Å². The zero-order valence-electron chi connectivity index (χ0n) is 14.8. The molecule has 1 aromatic heterocycles. The van der Waals surface area contributed by atoms with Crippen molar-refractivity contribution in [3.05, 3.63) is 30.5 Å². The van der Waals surface area contributed by atoms with E-state index in [1.54, 1.807) is 18.7 Å². The van der Waals surface area contributed by atoms with Gasteiger partial charge in [-0.15, -0.1) is 0 Å². The summed E-state index contributed by atoms with van der Waals surface area (Å²) < 4.78 is 2.16. The Hall–Kier alpha value is -2.28. The van der Waals surface area contributed by atoms with Gasteiger partial charge in [0.25, 0.3) is 0 Å². The van der Waals surface area contributed by atoms with Gasteiger partial charge in [0.15, 0.2) is 5.16 Å². The van der Waals surface area contributed by atoms with Crippen molar-refractivity contribution in [3.8, 4) is 11.3 Å². The molecular weight excluding hydrogens is 348 g/mol. The zero-order chi connectivity index (χ0) is 18.1. The Morgan fingerprint density at radius 2 is 1.96 bits per heavy atom. The lowest BCUT2D eigenvalue weighted by Gasteiger charge is -2.30. The lowest BCUT2D eigenvalue weighted by atomic mass is 9.95. The molecule has 2 aromatic rings. The molecule has 2 aliphatic heterocycles. The van der Waals surface area contributed by atoms with E-state index in [-0.39, 0.29) is 17.7 Å². The van der Waals surface area contributed by atoms with Crippen LogP contribution in [-0.2, 0) is 16.1 Å². The summed E-state index contributed by atoms with van der Waals surface area (Å²) in [6.45, 7) is 3.87. The predicted octanol–water partition coefficient (Wildman–Crippen LogP) is 2.85. The zero-order valence-corrected chi connectivity index (χ0v) is 15.6. The van der Waals surface area contributed by atoms with Gasteiger partial charge in [-0.2, -0.15) is 0 Å². The molecule has 6 nitrogen and oxygen atoms in total. The summed E-state index contributed by atoms with van der Waals surface area (Å²) in [6, 6.07) is 7.82. The van der Waals surface area contributed by atoms with E-state index in [9.17, 15) is 9.59 Å². The van der Waals surface area contributed by atoms with Crippen LogP contribution in [0.3, 0.4) is 0 Å². The van der Waals surface area contributed by atoms with E-state index in [0.717, 1.165) is 34.4 Å². The highest BCUT2D eigenvalue weighted by Crippen LogP contribution is 2.33. The van der Waals surface area contributed by atoms with Crippen LogP contribution in [0.1, 0.15) is 19.8 Å². The fourth-order valence-corrected chi connectivity index (χ4v) is 4.49. The van der Waals surface area contributed by atoms with Gasteiger partial charge in [-0.25, -0.2) is 4.98 Å². The van der Waals surface area contributed by atoms with Crippen LogP contribution in [0, 0.1) is 5.92 Å². The molecule has 2 aliphatic rings. The number of hydrogen-bond donors (Lipinski definition) is 1. The largest absolute Gasteiger partial charge is 0.343 e. The molecule has 0 radical (unpaired) electrons. The minimum Gasteiger partial charge on any atom is -0.343 e. The van der Waals surface area contributed by atoms with Crippen molar-refractivity contribution in [2.45, 2.75) is 31.5 Å². The van der Waals surface area contributed by atoms with Gasteiger partial charge in [-0.1, -0.05) is 30.0 Å². The number of likely N-dealkylation sites (tertiary alicyclic amines) is 1. The van der Waals surface area contributed by atoms with E-state index in [0.29, 0.717) is 25.9 Å². The molecule has 1 fully saturated rings. The molecule has 0 atom stereocenters. The van der Waals surface area contributed by atoms with E-state index < -0.39 is 0 Å². The summed E-state index contributed by atoms with van der Waals surface area (Å²) >= 11 is 1.76. The van der Waals surface area contributed by atoms with Crippen molar-refractivity contribution in [3.63, 3.8) is 0 Å². The van der Waals surface area contributed by atoms with Crippen molar-refractivity contribution < 1.29 is 9.59 Å². The highest BCUT2D eigenvalue weighted by Gasteiger charge is 2.26. The third-order valence-corrected chi connectivity index (χ3v) is 6.05. The standard InChI is InChI=1S/C19H22N4O2S/c1-13(24)22-8-6-14(7-9-22)18(25)20-16-5-3-2-4-15(16)17-12-23-10-11-26-19(23)21-17/h2-5,12,14H,6-11H2,1H3,(H,20,25). The maximum Gasteiger partial charge on any atom is 0.227 e. The van der Waals surface area contributed by atoms with Crippen LogP contribution in [0.2, 0.25) is 0 Å². The van der Waals surface area contributed by atoms with Crippen LogP contribution in [0.25, 0.3) is 11.3 Å². The predicted molar refractivity (Wildman–Crippen MR) is 102 cm³/mol. The SMILES string of the molecule is CC(=O)N1CCC(C(=O)Nc2ccccc2-c2cn3c(n2)SCC3)CC1. The number of aryl methyl sites for hydroxylation is 1. The number of carbonyl (C=O) groups excluding carboxylic acids is 2. The van der Waals surface area contributed by atoms with Crippen LogP contribution >= 0.6 is 11.8 Å². The number of anilines is 1. The molecule has 1 saturated heterocycles. The maximum atomic E-state index is 12.7. The first-order valence-electron chi connectivity index (χ1n) is 8.97. The lowest BCUT2D eigenvalue weighted by molar-refractivity contribution is -0.132. The Kier molecular flexibility index (Phi) is 4.72. The summed E-state index contributed by atoms with van der Waals surface area (Å²) in [5, 5.41) is 4.13. The summed E-state index contributed by atoms with van der Waals surface area (Å²) in [5.74, 6) is 1.13. The number of nitrogens with one attached hydrogen (secondary N) is 1. The molecule has 0 unspecified atom stereocenters. The Balaban J connectivity index is 1.48. The molecule has 136 valence electrons. The molecule has 1 N–H and O–H groups in total. The van der Waals surface area contributed by atoms with Gasteiger partial charge in [-0.3, -0.25) is 9.59 Å². The van der Waals surface area contributed by atoms with E-state index in [1.807, 2.05) is 29.2 Å². The summed E-state index contributed by atoms with van der Waals surface area (Å²) in [5.41, 5.74) is 2.65. The number of nitrogens with zero attached hydrogens (tertiary/aromatic N) is 3. The van der Waals surface area contributed by atoms with E-state index in [2.05, 4.69) is 16.1 Å². The molecule has 4 rings (SSSR count). The first-order valence-corrected chi connectivity index (χ1v) is 9.96. The quantitative estimate of drug-likeness (QED) is 0.902. The first-order chi connectivity index (χ1) is 12.6. The number of para-hydroxylation sites is 1. The van der Waals surface area contributed by atoms with Gasteiger partial charge in [0, 0.05) is 50.0 Å². The van der Waals surface area contributed by atoms with Crippen molar-refractivity contribution in [1.82, 2.24) is 14.5 Å². The number of thioether (sulfide) groups is 1. The smallest absolute Gasteiger partial charge is 0.227 e. The van der Waals surface area contributed by atoms with E-state index in [4.69, 9.17) is 4.98 Å². The molecule has 0 bridgehead atoms. The van der Waals surface area contributed by atoms with Gasteiger partial charge in [0.05, 0.1) is 11.4 Å². The van der Waals surface area contributed by atoms with Gasteiger partial charge < -0.3 is 14.8 Å². The second kappa shape index (κ2) is 7.15. The Labute approximate surface area is 157 Å². The second-order valence-electron chi connectivity index (χ2n) is 6.77. The Morgan fingerprint density at radius 3 is 2.69 bits per heavy atom. The van der Waals surface area contributed by atoms with Crippen molar-refractivity contribution in [2.75, 3.05) is 24.2 Å². The van der Waals surface area contributed by atoms with E-state index >= 15 is 0 Å². The fourth-order valence-electron chi connectivity index (χ4n) is 3.55. The number of imidazole rings is 1. The van der Waals surface area contributed by atoms with Gasteiger partial charge in [-0.05, 0) is 18.9 Å². The summed E-state index contributed by atoms with van der Waals surface area (Å²) in [6.07, 6.45) is 3.48. The lowest BCUT2D eigenvalue weighted by Crippen LogP contribution is -2.40. The minimum atomic E-state index is -0.0544. The summed E-state index contributed by atoms with van der Waals surface area (Å²) in [7, 11) is 0. The maximum absolute atomic E-state index is 12.7. The molecule has 26 heavy (non-hydrogen) atoms. The third kappa shape index (κ3) is 3.35. The van der Waals surface area contributed by atoms with Crippen LogP contribution in [0.4, 0.5) is 5.69 Å². The molecule has 3 heterocycles. The van der Waals surface area contributed by atoms with Crippen molar-refractivity contribution in [1.29, 1.82) is 0 Å². The fraction of sp³-hybridized carbons (Fsp3) is 0.421. The molecule has 1 aromatic carbocycles. The monoisotopic (exact) mass is 370 g/mol. The van der Waals surface area contributed by atoms with Gasteiger partial charge in [0.1, 0.15) is 0 Å². The van der Waals surface area contributed by atoms with E-state index in [1.165, 1.54) is 0 Å². The first kappa shape index (κ1) is 17.1. The van der Waals surface area contributed by atoms with Crippen LogP contribution in [0.15, 0.2) is 35.6 Å². The molecule has 0 aliphatic carbocycles. The number of fused-ring (bicyclic) bond motifs is 1. The summed E-state index contributed by atoms with van der Waals surface area (Å²) in [4.78, 5) is 30.7. The van der Waals surface area contributed by atoms with Crippen LogP contribution in [0.5, 0.6) is 0 Å². The molecule has 7 heteroatoms. The average Bonchev–Trinajstić information content (AvgIpc) is 3.24. The number of hydrogen-bond acceptors (Lipinski definition) is 4. The highest BCUT2D eigenvalue weighted by atomic mass is 32.2. The van der Waals surface area contributed by atoms with Crippen LogP contribution < -0.4 is 5.32 Å². The van der Waals surface area contributed by atoms with Gasteiger partial charge in [0.2, 0.25) is 11.8 Å². The average molecular weight is 370 g/mol. The highest BCUT2D eigenvalue weighted by molar-refractivity contribution is 7.99. The van der Waals surface area contributed by atoms with Crippen molar-refractivity contribution in [2.24, 2.45) is 5.92 Å². The third-order valence-electron chi connectivity index (χ3n) is 5.08. The Bertz CT molecular complexity index is 818. The molecule has 0 spiro atoms. The number of carbonyl (C=O) groups is 2. The van der Waals surface area contributed by atoms with Gasteiger partial charge >= 0.3 is 0 Å². The molecular formula is C19H22N4O2S. The second-order valence-corrected chi connectivity index (χ2v) is 7.83. The topological polar surface area (TPSA) is 67.2 Å². The number of piperidine rings is 1. The number of benzene rings is 1. The number of rotatable bonds is 3. The normalized spacial score (nSPS) is 17.2. The van der Waals surface area contributed by atoms with Crippen molar-refractivity contribution >= 4 is 29.3 Å². The minimum absolute atomic E-state index is 0.0294. The number of aromatic nitrogens is 2.